The summed E-state index contributed by atoms with van der Waals surface area (Å²) in [5.41, 5.74) is 5.64. The van der Waals surface area contributed by atoms with E-state index >= 15 is 0 Å². The standard InChI is InChI=1S/C27H36N6O/c1-7-15-33-18-23(20(4)31-33)17-28-27(29-24-13-11-21(12-14-24)19(2)3)30-26(34)22-9-8-10-25(16-22)32(5)6/h8-14,16,18-19H,7,15,17H2,1-6H3,(H2,28,29,30,34). The van der Waals surface area contributed by atoms with Crippen molar-refractivity contribution < 1.29 is 4.79 Å². The number of aliphatic imine (C=N–C) groups is 1. The van der Waals surface area contributed by atoms with E-state index in [1.807, 2.05) is 67.1 Å². The predicted molar refractivity (Wildman–Crippen MR) is 141 cm³/mol. The van der Waals surface area contributed by atoms with Gasteiger partial charge < -0.3 is 10.2 Å². The van der Waals surface area contributed by atoms with Crippen LogP contribution in [0.25, 0.3) is 0 Å². The first-order valence-corrected chi connectivity index (χ1v) is 11.8. The van der Waals surface area contributed by atoms with Crippen molar-refractivity contribution in [3.63, 3.8) is 0 Å². The molecule has 180 valence electrons. The van der Waals surface area contributed by atoms with Crippen molar-refractivity contribution >= 4 is 23.2 Å². The van der Waals surface area contributed by atoms with E-state index in [0.717, 1.165) is 35.6 Å². The third-order valence-corrected chi connectivity index (χ3v) is 5.61. The fourth-order valence-corrected chi connectivity index (χ4v) is 3.53. The SMILES string of the molecule is CCCn1cc(CN=C(NC(=O)c2cccc(N(C)C)c2)Nc2ccc(C(C)C)cc2)c(C)n1. The zero-order valence-electron chi connectivity index (χ0n) is 21.1. The molecule has 0 aliphatic carbocycles. The van der Waals surface area contributed by atoms with Gasteiger partial charge in [0.2, 0.25) is 5.96 Å². The van der Waals surface area contributed by atoms with Crippen LogP contribution in [-0.2, 0) is 13.1 Å². The molecule has 0 unspecified atom stereocenters. The fourth-order valence-electron chi connectivity index (χ4n) is 3.53. The second-order valence-electron chi connectivity index (χ2n) is 8.97. The van der Waals surface area contributed by atoms with Crippen molar-refractivity contribution in [2.24, 2.45) is 4.99 Å². The maximum absolute atomic E-state index is 13.1. The third kappa shape index (κ3) is 6.70. The van der Waals surface area contributed by atoms with E-state index in [9.17, 15) is 4.79 Å². The van der Waals surface area contributed by atoms with Gasteiger partial charge in [0.1, 0.15) is 0 Å². The van der Waals surface area contributed by atoms with Crippen LogP contribution in [0.4, 0.5) is 11.4 Å². The Morgan fingerprint density at radius 1 is 1.15 bits per heavy atom. The van der Waals surface area contributed by atoms with Crippen LogP contribution in [0, 0.1) is 6.92 Å². The summed E-state index contributed by atoms with van der Waals surface area (Å²) in [4.78, 5) is 19.7. The minimum absolute atomic E-state index is 0.216. The highest BCUT2D eigenvalue weighted by molar-refractivity contribution is 6.10. The molecule has 0 bridgehead atoms. The number of nitrogens with zero attached hydrogens (tertiary/aromatic N) is 4. The monoisotopic (exact) mass is 460 g/mol. The highest BCUT2D eigenvalue weighted by atomic mass is 16.1. The molecule has 0 fully saturated rings. The molecule has 34 heavy (non-hydrogen) atoms. The summed E-state index contributed by atoms with van der Waals surface area (Å²) in [6, 6.07) is 15.7. The van der Waals surface area contributed by atoms with Crippen LogP contribution in [-0.4, -0.2) is 35.7 Å². The number of anilines is 2. The predicted octanol–water partition coefficient (Wildman–Crippen LogP) is 5.19. The first-order valence-electron chi connectivity index (χ1n) is 11.8. The number of guanidine groups is 1. The molecule has 0 radical (unpaired) electrons. The number of benzene rings is 2. The summed E-state index contributed by atoms with van der Waals surface area (Å²) in [6.45, 7) is 9.73. The summed E-state index contributed by atoms with van der Waals surface area (Å²) in [7, 11) is 3.90. The largest absolute Gasteiger partial charge is 0.378 e. The van der Waals surface area contributed by atoms with Gasteiger partial charge in [0.05, 0.1) is 12.2 Å². The van der Waals surface area contributed by atoms with E-state index in [1.165, 1.54) is 5.56 Å². The number of aromatic nitrogens is 2. The maximum atomic E-state index is 13.1. The third-order valence-electron chi connectivity index (χ3n) is 5.61. The van der Waals surface area contributed by atoms with Gasteiger partial charge in [-0.3, -0.25) is 14.8 Å². The lowest BCUT2D eigenvalue weighted by molar-refractivity contribution is 0.0977. The van der Waals surface area contributed by atoms with Gasteiger partial charge in [0.25, 0.3) is 5.91 Å². The van der Waals surface area contributed by atoms with E-state index in [4.69, 9.17) is 4.99 Å². The van der Waals surface area contributed by atoms with E-state index in [2.05, 4.69) is 48.6 Å². The Morgan fingerprint density at radius 3 is 2.53 bits per heavy atom. The van der Waals surface area contributed by atoms with Crippen molar-refractivity contribution in [3.8, 4) is 0 Å². The van der Waals surface area contributed by atoms with Gasteiger partial charge in [-0.15, -0.1) is 0 Å². The van der Waals surface area contributed by atoms with Crippen molar-refractivity contribution in [2.45, 2.75) is 53.1 Å². The van der Waals surface area contributed by atoms with Crippen LogP contribution in [0.5, 0.6) is 0 Å². The lowest BCUT2D eigenvalue weighted by Crippen LogP contribution is -2.36. The number of hydrogen-bond donors (Lipinski definition) is 2. The summed E-state index contributed by atoms with van der Waals surface area (Å²) in [6.07, 6.45) is 3.05. The molecule has 7 nitrogen and oxygen atoms in total. The molecular weight excluding hydrogens is 424 g/mol. The lowest BCUT2D eigenvalue weighted by atomic mass is 10.0. The summed E-state index contributed by atoms with van der Waals surface area (Å²) >= 11 is 0. The van der Waals surface area contributed by atoms with Crippen LogP contribution >= 0.6 is 0 Å². The molecule has 3 rings (SSSR count). The Morgan fingerprint density at radius 2 is 1.88 bits per heavy atom. The molecule has 1 amide bonds. The summed E-state index contributed by atoms with van der Waals surface area (Å²) in [5, 5.41) is 10.8. The molecule has 2 aromatic carbocycles. The molecule has 0 saturated heterocycles. The van der Waals surface area contributed by atoms with Crippen LogP contribution in [0.3, 0.4) is 0 Å². The molecule has 2 N–H and O–H groups in total. The first-order chi connectivity index (χ1) is 16.3. The maximum Gasteiger partial charge on any atom is 0.258 e. The average Bonchev–Trinajstić information content (AvgIpc) is 3.17. The Balaban J connectivity index is 1.84. The molecule has 0 aliphatic heterocycles. The fraction of sp³-hybridized carbons (Fsp3) is 0.370. The number of aryl methyl sites for hydroxylation is 2. The second kappa shape index (κ2) is 11.5. The number of carbonyl (C=O) groups is 1. The second-order valence-corrected chi connectivity index (χ2v) is 8.97. The lowest BCUT2D eigenvalue weighted by Gasteiger charge is -2.15. The number of carbonyl (C=O) groups excluding carboxylic acids is 1. The van der Waals surface area contributed by atoms with Crippen LogP contribution < -0.4 is 15.5 Å². The Bertz CT molecular complexity index is 1130. The highest BCUT2D eigenvalue weighted by Crippen LogP contribution is 2.18. The minimum Gasteiger partial charge on any atom is -0.378 e. The molecule has 7 heteroatoms. The Hall–Kier alpha value is -3.61. The van der Waals surface area contributed by atoms with Gasteiger partial charge in [-0.25, -0.2) is 4.99 Å². The van der Waals surface area contributed by atoms with Gasteiger partial charge in [-0.05, 0) is 55.2 Å². The molecule has 0 saturated carbocycles. The van der Waals surface area contributed by atoms with Gasteiger partial charge in [0, 0.05) is 49.3 Å². The normalized spacial score (nSPS) is 11.6. The van der Waals surface area contributed by atoms with Gasteiger partial charge in [-0.1, -0.05) is 39.0 Å². The molecule has 0 atom stereocenters. The smallest absolute Gasteiger partial charge is 0.258 e. The molecule has 3 aromatic rings. The average molecular weight is 461 g/mol. The van der Waals surface area contributed by atoms with Crippen LogP contribution in [0.15, 0.2) is 59.7 Å². The number of nitrogens with one attached hydrogen (secondary N) is 2. The van der Waals surface area contributed by atoms with Crippen LogP contribution in [0.2, 0.25) is 0 Å². The number of rotatable bonds is 8. The molecule has 0 spiro atoms. The zero-order valence-corrected chi connectivity index (χ0v) is 21.1. The quantitative estimate of drug-likeness (QED) is 0.358. The van der Waals surface area contributed by atoms with Gasteiger partial charge in [-0.2, -0.15) is 5.10 Å². The zero-order chi connectivity index (χ0) is 24.7. The van der Waals surface area contributed by atoms with Crippen molar-refractivity contribution in [1.82, 2.24) is 15.1 Å². The Labute approximate surface area is 202 Å². The van der Waals surface area contributed by atoms with E-state index in [1.54, 1.807) is 6.07 Å². The van der Waals surface area contributed by atoms with E-state index in [-0.39, 0.29) is 5.91 Å². The topological polar surface area (TPSA) is 74.6 Å². The first kappa shape index (κ1) is 25.0. The minimum atomic E-state index is -0.216. The number of hydrogen-bond acceptors (Lipinski definition) is 4. The van der Waals surface area contributed by atoms with Crippen molar-refractivity contribution in [3.05, 3.63) is 77.1 Å². The molecule has 1 heterocycles. The van der Waals surface area contributed by atoms with Crippen LogP contribution in [0.1, 0.15) is 60.3 Å². The Kier molecular flexibility index (Phi) is 8.46. The summed E-state index contributed by atoms with van der Waals surface area (Å²) in [5.74, 6) is 0.640. The highest BCUT2D eigenvalue weighted by Gasteiger charge is 2.12. The van der Waals surface area contributed by atoms with Crippen molar-refractivity contribution in [2.75, 3.05) is 24.3 Å². The number of amides is 1. The van der Waals surface area contributed by atoms with Gasteiger partial charge in [0.15, 0.2) is 0 Å². The molecule has 0 aliphatic rings. The molecular formula is C27H36N6O. The van der Waals surface area contributed by atoms with Gasteiger partial charge >= 0.3 is 0 Å². The van der Waals surface area contributed by atoms with Crippen molar-refractivity contribution in [1.29, 1.82) is 0 Å². The summed E-state index contributed by atoms with van der Waals surface area (Å²) < 4.78 is 1.95. The van der Waals surface area contributed by atoms with E-state index < -0.39 is 0 Å². The van der Waals surface area contributed by atoms with E-state index in [0.29, 0.717) is 24.0 Å². The molecule has 1 aromatic heterocycles.